The molecule has 1 aliphatic heterocycles. The van der Waals surface area contributed by atoms with Gasteiger partial charge in [0, 0.05) is 32.1 Å². The highest BCUT2D eigenvalue weighted by Gasteiger charge is 2.31. The van der Waals surface area contributed by atoms with Crippen LogP contribution in [0.4, 0.5) is 0 Å². The van der Waals surface area contributed by atoms with E-state index in [-0.39, 0.29) is 11.8 Å². The van der Waals surface area contributed by atoms with Crippen molar-refractivity contribution in [2.75, 3.05) is 26.2 Å². The van der Waals surface area contributed by atoms with Gasteiger partial charge in [0.25, 0.3) is 5.91 Å². The molecule has 1 saturated carbocycles. The third-order valence-corrected chi connectivity index (χ3v) is 5.14. The SMILES string of the molecule is O=C(c1cccs1)N1CCCN(C(=O)C2CCC2)CC1. The average molecular weight is 292 g/mol. The van der Waals surface area contributed by atoms with Crippen molar-refractivity contribution in [3.63, 3.8) is 0 Å². The first kappa shape index (κ1) is 13.6. The first-order valence-corrected chi connectivity index (χ1v) is 8.25. The highest BCUT2D eigenvalue weighted by molar-refractivity contribution is 7.12. The zero-order valence-corrected chi connectivity index (χ0v) is 12.4. The minimum atomic E-state index is 0.109. The largest absolute Gasteiger partial charge is 0.341 e. The van der Waals surface area contributed by atoms with Gasteiger partial charge >= 0.3 is 0 Å². The number of nitrogens with zero attached hydrogens (tertiary/aromatic N) is 2. The van der Waals surface area contributed by atoms with Gasteiger partial charge in [-0.15, -0.1) is 11.3 Å². The molecule has 1 aromatic heterocycles. The Bertz CT molecular complexity index is 482. The van der Waals surface area contributed by atoms with Crippen LogP contribution in [-0.4, -0.2) is 47.8 Å². The van der Waals surface area contributed by atoms with Gasteiger partial charge in [-0.1, -0.05) is 12.5 Å². The summed E-state index contributed by atoms with van der Waals surface area (Å²) < 4.78 is 0. The molecule has 3 rings (SSSR count). The lowest BCUT2D eigenvalue weighted by Crippen LogP contribution is -2.41. The van der Waals surface area contributed by atoms with Crippen molar-refractivity contribution in [3.05, 3.63) is 22.4 Å². The van der Waals surface area contributed by atoms with Gasteiger partial charge in [0.2, 0.25) is 5.91 Å². The number of thiophene rings is 1. The zero-order valence-electron chi connectivity index (χ0n) is 11.6. The van der Waals surface area contributed by atoms with Gasteiger partial charge in [-0.3, -0.25) is 9.59 Å². The lowest BCUT2D eigenvalue weighted by atomic mass is 9.84. The molecule has 0 unspecified atom stereocenters. The summed E-state index contributed by atoms with van der Waals surface area (Å²) in [5.74, 6) is 0.675. The summed E-state index contributed by atoms with van der Waals surface area (Å²) in [6.45, 7) is 2.90. The summed E-state index contributed by atoms with van der Waals surface area (Å²) in [5, 5.41) is 1.93. The molecule has 0 N–H and O–H groups in total. The van der Waals surface area contributed by atoms with E-state index in [9.17, 15) is 9.59 Å². The summed E-state index contributed by atoms with van der Waals surface area (Å²) >= 11 is 1.48. The van der Waals surface area contributed by atoms with Crippen LogP contribution in [0, 0.1) is 5.92 Å². The van der Waals surface area contributed by atoms with Gasteiger partial charge in [0.15, 0.2) is 0 Å². The van der Waals surface area contributed by atoms with Gasteiger partial charge in [0.1, 0.15) is 0 Å². The highest BCUT2D eigenvalue weighted by Crippen LogP contribution is 2.28. The summed E-state index contributed by atoms with van der Waals surface area (Å²) in [5.41, 5.74) is 0. The maximum Gasteiger partial charge on any atom is 0.263 e. The number of carbonyl (C=O) groups is 2. The number of carbonyl (C=O) groups excluding carboxylic acids is 2. The molecule has 1 aromatic rings. The summed E-state index contributed by atoms with van der Waals surface area (Å²) in [4.78, 5) is 29.2. The Balaban J connectivity index is 1.59. The average Bonchev–Trinajstić information content (AvgIpc) is 2.80. The second kappa shape index (κ2) is 5.95. The van der Waals surface area contributed by atoms with Gasteiger partial charge < -0.3 is 9.80 Å². The molecule has 0 radical (unpaired) electrons. The monoisotopic (exact) mass is 292 g/mol. The Labute approximate surface area is 123 Å². The molecule has 4 nitrogen and oxygen atoms in total. The topological polar surface area (TPSA) is 40.6 Å². The molecular formula is C15H20N2O2S. The van der Waals surface area contributed by atoms with Crippen LogP contribution in [-0.2, 0) is 4.79 Å². The van der Waals surface area contributed by atoms with E-state index in [1.165, 1.54) is 17.8 Å². The Morgan fingerprint density at radius 2 is 1.80 bits per heavy atom. The number of amides is 2. The molecule has 20 heavy (non-hydrogen) atoms. The van der Waals surface area contributed by atoms with E-state index in [4.69, 9.17) is 0 Å². The minimum absolute atomic E-state index is 0.109. The molecule has 108 valence electrons. The molecule has 2 fully saturated rings. The van der Waals surface area contributed by atoms with Crippen molar-refractivity contribution < 1.29 is 9.59 Å². The van der Waals surface area contributed by atoms with E-state index in [0.717, 1.165) is 37.2 Å². The van der Waals surface area contributed by atoms with Crippen LogP contribution in [0.1, 0.15) is 35.4 Å². The third-order valence-electron chi connectivity index (χ3n) is 4.28. The van der Waals surface area contributed by atoms with Crippen molar-refractivity contribution >= 4 is 23.2 Å². The fourth-order valence-corrected chi connectivity index (χ4v) is 3.50. The van der Waals surface area contributed by atoms with E-state index in [2.05, 4.69) is 0 Å². The zero-order chi connectivity index (χ0) is 13.9. The van der Waals surface area contributed by atoms with Crippen molar-refractivity contribution in [3.8, 4) is 0 Å². The smallest absolute Gasteiger partial charge is 0.263 e. The van der Waals surface area contributed by atoms with Gasteiger partial charge in [-0.2, -0.15) is 0 Å². The van der Waals surface area contributed by atoms with Crippen LogP contribution in [0.15, 0.2) is 17.5 Å². The van der Waals surface area contributed by atoms with Crippen LogP contribution in [0.25, 0.3) is 0 Å². The molecule has 2 amide bonds. The van der Waals surface area contributed by atoms with Crippen LogP contribution < -0.4 is 0 Å². The molecule has 0 spiro atoms. The molecule has 0 aromatic carbocycles. The molecule has 1 saturated heterocycles. The van der Waals surface area contributed by atoms with Crippen LogP contribution >= 0.6 is 11.3 Å². The second-order valence-electron chi connectivity index (χ2n) is 5.58. The molecular weight excluding hydrogens is 272 g/mol. The Hall–Kier alpha value is -1.36. The Kier molecular flexibility index (Phi) is 4.05. The molecule has 1 aliphatic carbocycles. The van der Waals surface area contributed by atoms with E-state index in [1.54, 1.807) is 0 Å². The molecule has 5 heteroatoms. The first-order valence-electron chi connectivity index (χ1n) is 7.37. The Morgan fingerprint density at radius 3 is 2.45 bits per heavy atom. The maximum absolute atomic E-state index is 12.3. The van der Waals surface area contributed by atoms with E-state index >= 15 is 0 Å². The quantitative estimate of drug-likeness (QED) is 0.838. The summed E-state index contributed by atoms with van der Waals surface area (Å²) in [6.07, 6.45) is 4.17. The third kappa shape index (κ3) is 2.73. The first-order chi connectivity index (χ1) is 9.75. The predicted molar refractivity (Wildman–Crippen MR) is 78.8 cm³/mol. The number of hydrogen-bond acceptors (Lipinski definition) is 3. The fraction of sp³-hybridized carbons (Fsp3) is 0.600. The molecule has 0 atom stereocenters. The fourth-order valence-electron chi connectivity index (χ4n) is 2.81. The van der Waals surface area contributed by atoms with Gasteiger partial charge in [-0.25, -0.2) is 0 Å². The normalized spacial score (nSPS) is 20.4. The van der Waals surface area contributed by atoms with E-state index in [0.29, 0.717) is 19.0 Å². The summed E-state index contributed by atoms with van der Waals surface area (Å²) in [7, 11) is 0. The lowest BCUT2D eigenvalue weighted by Gasteiger charge is -2.30. The maximum atomic E-state index is 12.3. The minimum Gasteiger partial charge on any atom is -0.341 e. The second-order valence-corrected chi connectivity index (χ2v) is 6.52. The van der Waals surface area contributed by atoms with E-state index in [1.807, 2.05) is 27.3 Å². The number of rotatable bonds is 2. The number of hydrogen-bond donors (Lipinski definition) is 0. The van der Waals surface area contributed by atoms with Crippen molar-refractivity contribution in [1.82, 2.24) is 9.80 Å². The summed E-state index contributed by atoms with van der Waals surface area (Å²) in [6, 6.07) is 3.78. The lowest BCUT2D eigenvalue weighted by molar-refractivity contribution is -0.138. The van der Waals surface area contributed by atoms with Gasteiger partial charge in [0.05, 0.1) is 4.88 Å². The molecule has 2 aliphatic rings. The molecule has 0 bridgehead atoms. The Morgan fingerprint density at radius 1 is 1.05 bits per heavy atom. The predicted octanol–water partition coefficient (Wildman–Crippen LogP) is 2.22. The van der Waals surface area contributed by atoms with Gasteiger partial charge in [-0.05, 0) is 30.7 Å². The van der Waals surface area contributed by atoms with Crippen molar-refractivity contribution in [2.45, 2.75) is 25.7 Å². The van der Waals surface area contributed by atoms with Crippen molar-refractivity contribution in [2.24, 2.45) is 5.92 Å². The van der Waals surface area contributed by atoms with Crippen LogP contribution in [0.2, 0.25) is 0 Å². The van der Waals surface area contributed by atoms with E-state index < -0.39 is 0 Å². The highest BCUT2D eigenvalue weighted by atomic mass is 32.1. The van der Waals surface area contributed by atoms with Crippen LogP contribution in [0.5, 0.6) is 0 Å². The van der Waals surface area contributed by atoms with Crippen LogP contribution in [0.3, 0.4) is 0 Å². The van der Waals surface area contributed by atoms with Crippen molar-refractivity contribution in [1.29, 1.82) is 0 Å². The molecule has 2 heterocycles. The standard InChI is InChI=1S/C15H20N2O2S/c18-14(12-4-1-5-12)16-7-3-8-17(10-9-16)15(19)13-6-2-11-20-13/h2,6,11-12H,1,3-5,7-10H2.